The molecule has 0 atom stereocenters. The molecule has 1 saturated heterocycles. The van der Waals surface area contributed by atoms with Gasteiger partial charge in [-0.15, -0.1) is 0 Å². The second-order valence-electron chi connectivity index (χ2n) is 9.36. The highest BCUT2D eigenvalue weighted by molar-refractivity contribution is 7.98. The van der Waals surface area contributed by atoms with Crippen LogP contribution in [-0.4, -0.2) is 34.0 Å². The quantitative estimate of drug-likeness (QED) is 0.461. The van der Waals surface area contributed by atoms with Crippen LogP contribution < -0.4 is 15.8 Å². The van der Waals surface area contributed by atoms with Gasteiger partial charge in [-0.2, -0.15) is 22.0 Å². The number of thioether (sulfide) groups is 1. The first-order valence-corrected chi connectivity index (χ1v) is 13.1. The number of hydrogen-bond donors (Lipinski definition) is 2. The number of fused-ring (bicyclic) bond motifs is 1. The van der Waals surface area contributed by atoms with Gasteiger partial charge in [0.25, 0.3) is 0 Å². The van der Waals surface area contributed by atoms with Crippen LogP contribution in [0.15, 0.2) is 36.4 Å². The second-order valence-corrected chi connectivity index (χ2v) is 10.3. The smallest absolute Gasteiger partial charge is 0.228 e. The largest absolute Gasteiger partial charge is 0.438 e. The molecule has 8 heteroatoms. The van der Waals surface area contributed by atoms with Crippen LogP contribution in [-0.2, 0) is 18.1 Å². The van der Waals surface area contributed by atoms with Crippen molar-refractivity contribution in [1.82, 2.24) is 14.9 Å². The van der Waals surface area contributed by atoms with Gasteiger partial charge in [0.05, 0.1) is 17.3 Å². The van der Waals surface area contributed by atoms with E-state index in [-0.39, 0.29) is 0 Å². The molecule has 1 aromatic heterocycles. The third-order valence-electron chi connectivity index (χ3n) is 6.63. The number of aryl methyl sites for hydroxylation is 2. The lowest BCUT2D eigenvalue weighted by Crippen LogP contribution is -2.39. The first kappa shape index (κ1) is 23.5. The van der Waals surface area contributed by atoms with Gasteiger partial charge in [0, 0.05) is 48.4 Å². The third kappa shape index (κ3) is 5.37. The van der Waals surface area contributed by atoms with E-state index in [0.29, 0.717) is 23.4 Å². The number of piperidine rings is 1. The number of benzene rings is 2. The summed E-state index contributed by atoms with van der Waals surface area (Å²) in [5, 5.41) is 12.8. The number of nitrogens with zero attached hydrogens (tertiary/aromatic N) is 4. The summed E-state index contributed by atoms with van der Waals surface area (Å²) in [5.74, 6) is 3.75. The van der Waals surface area contributed by atoms with Crippen molar-refractivity contribution in [2.45, 2.75) is 50.8 Å². The zero-order valence-corrected chi connectivity index (χ0v) is 21.0. The van der Waals surface area contributed by atoms with E-state index in [1.807, 2.05) is 49.9 Å². The number of aromatic nitrogens is 2. The molecule has 3 heterocycles. The maximum atomic E-state index is 9.26. The number of rotatable bonds is 6. The highest BCUT2D eigenvalue weighted by Crippen LogP contribution is 2.38. The van der Waals surface area contributed by atoms with Gasteiger partial charge in [-0.05, 0) is 67.6 Å². The molecule has 35 heavy (non-hydrogen) atoms. The van der Waals surface area contributed by atoms with Gasteiger partial charge in [0.2, 0.25) is 11.8 Å². The van der Waals surface area contributed by atoms with Crippen LogP contribution in [0.5, 0.6) is 11.6 Å². The predicted octanol–water partition coefficient (Wildman–Crippen LogP) is 5.16. The third-order valence-corrected chi connectivity index (χ3v) is 7.61. The van der Waals surface area contributed by atoms with Gasteiger partial charge < -0.3 is 15.8 Å². The van der Waals surface area contributed by atoms with Crippen LogP contribution in [0.2, 0.25) is 0 Å². The molecule has 2 aliphatic rings. The fraction of sp³-hybridized carbons (Fsp3) is 0.370. The van der Waals surface area contributed by atoms with E-state index >= 15 is 0 Å². The molecule has 3 N–H and O–H groups in total. The van der Waals surface area contributed by atoms with E-state index in [1.165, 1.54) is 5.56 Å². The maximum absolute atomic E-state index is 9.26. The van der Waals surface area contributed by atoms with Crippen molar-refractivity contribution >= 4 is 23.4 Å². The molecule has 0 unspecified atom stereocenters. The van der Waals surface area contributed by atoms with Crippen molar-refractivity contribution in [3.05, 3.63) is 69.9 Å². The summed E-state index contributed by atoms with van der Waals surface area (Å²) in [5.41, 5.74) is 12.5. The van der Waals surface area contributed by atoms with Crippen molar-refractivity contribution in [3.8, 4) is 17.7 Å². The predicted molar refractivity (Wildman–Crippen MR) is 141 cm³/mol. The maximum Gasteiger partial charge on any atom is 0.228 e. The van der Waals surface area contributed by atoms with Crippen molar-refractivity contribution in [3.63, 3.8) is 0 Å². The fourth-order valence-corrected chi connectivity index (χ4v) is 5.77. The van der Waals surface area contributed by atoms with Gasteiger partial charge >= 0.3 is 0 Å². The average Bonchev–Trinajstić information content (AvgIpc) is 3.33. The lowest BCUT2D eigenvalue weighted by molar-refractivity contribution is 0.211. The van der Waals surface area contributed by atoms with E-state index in [1.54, 1.807) is 0 Å². The summed E-state index contributed by atoms with van der Waals surface area (Å²) in [6.45, 7) is 6.93. The molecule has 2 aromatic carbocycles. The van der Waals surface area contributed by atoms with Crippen molar-refractivity contribution in [2.75, 3.05) is 24.1 Å². The number of ether oxygens (including phenoxy) is 1. The minimum absolute atomic E-state index is 0.330. The molecule has 2 aliphatic heterocycles. The normalized spacial score (nSPS) is 16.0. The Morgan fingerprint density at radius 2 is 1.83 bits per heavy atom. The molecule has 7 nitrogen and oxygen atoms in total. The molecule has 0 amide bonds. The molecule has 0 spiro atoms. The standard InChI is InChI=1S/C27H30N6OS/c1-17-11-20(13-28)12-18(2)25(17)34-26-23-15-35-16-24(23)31-27(32-26)30-22-7-9-33(10-8-22)14-19-3-5-21(29)6-4-19/h3-6,11-12,22H,7-10,14-16,29H2,1-2H3,(H,30,31,32). The van der Waals surface area contributed by atoms with Gasteiger partial charge in [-0.1, -0.05) is 12.1 Å². The van der Waals surface area contributed by atoms with E-state index in [0.717, 1.165) is 77.8 Å². The Balaban J connectivity index is 1.27. The highest BCUT2D eigenvalue weighted by Gasteiger charge is 2.25. The minimum atomic E-state index is 0.330. The van der Waals surface area contributed by atoms with E-state index in [9.17, 15) is 5.26 Å². The lowest BCUT2D eigenvalue weighted by Gasteiger charge is -2.32. The minimum Gasteiger partial charge on any atom is -0.438 e. The average molecular weight is 487 g/mol. The van der Waals surface area contributed by atoms with Gasteiger partial charge in [-0.3, -0.25) is 4.90 Å². The van der Waals surface area contributed by atoms with Crippen LogP contribution in [0.25, 0.3) is 0 Å². The molecular formula is C27H30N6OS. The zero-order chi connectivity index (χ0) is 24.4. The molecule has 0 radical (unpaired) electrons. The van der Waals surface area contributed by atoms with E-state index in [2.05, 4.69) is 28.4 Å². The van der Waals surface area contributed by atoms with Crippen LogP contribution in [0.3, 0.4) is 0 Å². The molecule has 180 valence electrons. The molecule has 0 aliphatic carbocycles. The van der Waals surface area contributed by atoms with Gasteiger partial charge in [0.1, 0.15) is 5.75 Å². The Hall–Kier alpha value is -3.28. The van der Waals surface area contributed by atoms with Crippen LogP contribution in [0, 0.1) is 25.2 Å². The molecule has 0 bridgehead atoms. The summed E-state index contributed by atoms with van der Waals surface area (Å²) in [7, 11) is 0. The Bertz CT molecular complexity index is 1240. The summed E-state index contributed by atoms with van der Waals surface area (Å²) in [4.78, 5) is 12.1. The second kappa shape index (κ2) is 10.1. The molecule has 3 aromatic rings. The molecular weight excluding hydrogens is 456 g/mol. The van der Waals surface area contributed by atoms with Gasteiger partial charge in [-0.25, -0.2) is 4.98 Å². The number of hydrogen-bond acceptors (Lipinski definition) is 8. The topological polar surface area (TPSA) is 100 Å². The summed E-state index contributed by atoms with van der Waals surface area (Å²) in [6.07, 6.45) is 2.07. The van der Waals surface area contributed by atoms with Crippen LogP contribution in [0.4, 0.5) is 11.6 Å². The fourth-order valence-electron chi connectivity index (χ4n) is 4.74. The van der Waals surface area contributed by atoms with Crippen molar-refractivity contribution in [2.24, 2.45) is 0 Å². The zero-order valence-electron chi connectivity index (χ0n) is 20.2. The van der Waals surface area contributed by atoms with Crippen LogP contribution >= 0.6 is 11.8 Å². The summed E-state index contributed by atoms with van der Waals surface area (Å²) >= 11 is 1.83. The number of anilines is 2. The first-order chi connectivity index (χ1) is 17.0. The van der Waals surface area contributed by atoms with E-state index < -0.39 is 0 Å². The number of nitrogens with one attached hydrogen (secondary N) is 1. The summed E-state index contributed by atoms with van der Waals surface area (Å²) in [6, 6.07) is 14.4. The highest BCUT2D eigenvalue weighted by atomic mass is 32.2. The summed E-state index contributed by atoms with van der Waals surface area (Å²) < 4.78 is 6.37. The monoisotopic (exact) mass is 486 g/mol. The lowest BCUT2D eigenvalue weighted by atomic mass is 10.0. The number of nitrogens with two attached hydrogens (primary N) is 1. The Kier molecular flexibility index (Phi) is 6.80. The number of likely N-dealkylation sites (tertiary alicyclic amines) is 1. The van der Waals surface area contributed by atoms with Gasteiger partial charge in [0.15, 0.2) is 0 Å². The SMILES string of the molecule is Cc1cc(C#N)cc(C)c1Oc1nc(NC2CCN(Cc3ccc(N)cc3)CC2)nc2c1CSC2. The molecule has 1 fully saturated rings. The van der Waals surface area contributed by atoms with E-state index in [4.69, 9.17) is 20.4 Å². The Labute approximate surface area is 210 Å². The Morgan fingerprint density at radius 1 is 1.11 bits per heavy atom. The van der Waals surface area contributed by atoms with Crippen molar-refractivity contribution < 1.29 is 4.74 Å². The number of nitriles is 1. The van der Waals surface area contributed by atoms with Crippen LogP contribution in [0.1, 0.15) is 46.4 Å². The van der Waals surface area contributed by atoms with Crippen molar-refractivity contribution in [1.29, 1.82) is 5.26 Å². The molecule has 5 rings (SSSR count). The first-order valence-electron chi connectivity index (χ1n) is 12.0. The Morgan fingerprint density at radius 3 is 2.51 bits per heavy atom. The molecule has 0 saturated carbocycles. The number of nitrogen functional groups attached to an aromatic ring is 1.